The van der Waals surface area contributed by atoms with E-state index >= 15 is 0 Å². The molecule has 9 nitrogen and oxygen atoms in total. The normalized spacial score (nSPS) is 13.2. The number of aliphatic carboxylic acids is 3. The molecule has 0 amide bonds. The van der Waals surface area contributed by atoms with E-state index in [1.54, 1.807) is 24.3 Å². The summed E-state index contributed by atoms with van der Waals surface area (Å²) < 4.78 is 0. The molecule has 2 aromatic carbocycles. The summed E-state index contributed by atoms with van der Waals surface area (Å²) in [6.45, 7) is 1.43. The van der Waals surface area contributed by atoms with Crippen LogP contribution in [-0.2, 0) is 27.2 Å². The Kier molecular flexibility index (Phi) is 11.5. The van der Waals surface area contributed by atoms with Crippen LogP contribution in [-0.4, -0.2) is 56.5 Å². The van der Waals surface area contributed by atoms with Crippen molar-refractivity contribution in [2.24, 2.45) is 5.73 Å². The highest BCUT2D eigenvalue weighted by Gasteiger charge is 2.22. The summed E-state index contributed by atoms with van der Waals surface area (Å²) in [7, 11) is 0. The highest BCUT2D eigenvalue weighted by atomic mass is 16.4. The number of nitrogens with two attached hydrogens (primary N) is 1. The van der Waals surface area contributed by atoms with Gasteiger partial charge in [-0.15, -0.1) is 0 Å². The number of aromatic hydroxyl groups is 1. The molecule has 7 N–H and O–H groups in total. The van der Waals surface area contributed by atoms with Gasteiger partial charge in [0.25, 0.3) is 0 Å². The van der Waals surface area contributed by atoms with Crippen LogP contribution in [0, 0.1) is 0 Å². The Morgan fingerprint density at radius 2 is 1.34 bits per heavy atom. The molecule has 2 aromatic rings. The second kappa shape index (κ2) is 13.8. The highest BCUT2D eigenvalue weighted by Crippen LogP contribution is 2.11. The molecule has 0 aliphatic rings. The SMILES string of the molecule is C[C@@H](N[C@@H](CCc1ccccc1)C(=O)O)C(=O)O.N[C@@H](CCc1ccc(O)cc1)C(=O)O. The monoisotopic (exact) mass is 446 g/mol. The average Bonchev–Trinajstić information content (AvgIpc) is 2.76. The van der Waals surface area contributed by atoms with Crippen molar-refractivity contribution in [1.29, 1.82) is 0 Å². The minimum Gasteiger partial charge on any atom is -0.508 e. The largest absolute Gasteiger partial charge is 0.508 e. The standard InChI is InChI=1S/C13H17NO4.C10H13NO3/c1-9(12(15)16)14-11(13(17)18)8-7-10-5-3-2-4-6-10;11-9(10(13)14)6-3-7-1-4-8(12)5-2-7/h2-6,9,11,14H,7-8H2,1H3,(H,15,16)(H,17,18);1-2,4-5,9,12H,3,6,11H2,(H,13,14)/t9-,11+;9-/m10/s1. The van der Waals surface area contributed by atoms with Crippen molar-refractivity contribution in [2.45, 2.75) is 50.7 Å². The Bertz CT molecular complexity index is 856. The zero-order valence-corrected chi connectivity index (χ0v) is 17.8. The first-order valence-electron chi connectivity index (χ1n) is 10.1. The molecule has 0 fully saturated rings. The van der Waals surface area contributed by atoms with Crippen LogP contribution in [0.4, 0.5) is 0 Å². The number of nitrogens with one attached hydrogen (secondary N) is 1. The van der Waals surface area contributed by atoms with Crippen LogP contribution in [0.3, 0.4) is 0 Å². The number of hydrogen-bond donors (Lipinski definition) is 6. The molecule has 2 rings (SSSR count). The number of carboxylic acids is 3. The summed E-state index contributed by atoms with van der Waals surface area (Å²) in [5, 5.41) is 37.9. The Morgan fingerprint density at radius 1 is 0.812 bits per heavy atom. The second-order valence-corrected chi connectivity index (χ2v) is 7.29. The van der Waals surface area contributed by atoms with Gasteiger partial charge >= 0.3 is 17.9 Å². The molecule has 0 aliphatic carbocycles. The summed E-state index contributed by atoms with van der Waals surface area (Å²) in [5.41, 5.74) is 7.35. The number of carboxylic acid groups (broad SMARTS) is 3. The van der Waals surface area contributed by atoms with E-state index in [1.807, 2.05) is 30.3 Å². The Balaban J connectivity index is 0.000000330. The van der Waals surface area contributed by atoms with Crippen molar-refractivity contribution < 1.29 is 34.8 Å². The van der Waals surface area contributed by atoms with Crippen LogP contribution >= 0.6 is 0 Å². The predicted octanol–water partition coefficient (Wildman–Crippen LogP) is 1.87. The van der Waals surface area contributed by atoms with Crippen molar-refractivity contribution in [3.63, 3.8) is 0 Å². The molecule has 0 aromatic heterocycles. The van der Waals surface area contributed by atoms with Crippen molar-refractivity contribution in [2.75, 3.05) is 0 Å². The third-order valence-corrected chi connectivity index (χ3v) is 4.68. The number of phenolic OH excluding ortho intramolecular Hbond substituents is 1. The van der Waals surface area contributed by atoms with Gasteiger partial charge in [0.1, 0.15) is 23.9 Å². The zero-order chi connectivity index (χ0) is 24.1. The summed E-state index contributed by atoms with van der Waals surface area (Å²) >= 11 is 0. The highest BCUT2D eigenvalue weighted by molar-refractivity contribution is 5.77. The summed E-state index contributed by atoms with van der Waals surface area (Å²) in [4.78, 5) is 32.1. The fourth-order valence-electron chi connectivity index (χ4n) is 2.72. The van der Waals surface area contributed by atoms with E-state index in [1.165, 1.54) is 6.92 Å². The maximum atomic E-state index is 11.0. The summed E-state index contributed by atoms with van der Waals surface area (Å²) in [5.74, 6) is -2.86. The van der Waals surface area contributed by atoms with Crippen LogP contribution in [0.15, 0.2) is 54.6 Å². The van der Waals surface area contributed by atoms with E-state index in [0.717, 1.165) is 11.1 Å². The molecule has 0 heterocycles. The van der Waals surface area contributed by atoms with Gasteiger partial charge < -0.3 is 26.2 Å². The molecule has 3 atom stereocenters. The van der Waals surface area contributed by atoms with Crippen molar-refractivity contribution in [3.05, 3.63) is 65.7 Å². The lowest BCUT2D eigenvalue weighted by atomic mass is 10.0. The first-order chi connectivity index (χ1) is 15.1. The van der Waals surface area contributed by atoms with Crippen LogP contribution in [0.1, 0.15) is 30.9 Å². The van der Waals surface area contributed by atoms with Gasteiger partial charge in [-0.1, -0.05) is 42.5 Å². The van der Waals surface area contributed by atoms with Crippen LogP contribution in [0.2, 0.25) is 0 Å². The van der Waals surface area contributed by atoms with E-state index in [4.69, 9.17) is 26.2 Å². The molecular weight excluding hydrogens is 416 g/mol. The van der Waals surface area contributed by atoms with Gasteiger partial charge in [-0.2, -0.15) is 0 Å². The molecule has 0 unspecified atom stereocenters. The minimum atomic E-state index is -1.05. The quantitative estimate of drug-likeness (QED) is 0.301. The summed E-state index contributed by atoms with van der Waals surface area (Å²) in [6.07, 6.45) is 1.96. The molecule has 0 saturated heterocycles. The zero-order valence-electron chi connectivity index (χ0n) is 17.8. The van der Waals surface area contributed by atoms with Gasteiger partial charge in [-0.3, -0.25) is 19.7 Å². The molecule has 0 spiro atoms. The van der Waals surface area contributed by atoms with Crippen molar-refractivity contribution in [3.8, 4) is 5.75 Å². The molecule has 0 saturated carbocycles. The van der Waals surface area contributed by atoms with Crippen molar-refractivity contribution in [1.82, 2.24) is 5.32 Å². The lowest BCUT2D eigenvalue weighted by Gasteiger charge is -2.17. The second-order valence-electron chi connectivity index (χ2n) is 7.29. The van der Waals surface area contributed by atoms with Crippen LogP contribution in [0.25, 0.3) is 0 Å². The molecule has 0 bridgehead atoms. The molecule has 32 heavy (non-hydrogen) atoms. The predicted molar refractivity (Wildman–Crippen MR) is 118 cm³/mol. The van der Waals surface area contributed by atoms with Gasteiger partial charge in [0.15, 0.2) is 0 Å². The molecular formula is C23H30N2O7. The van der Waals surface area contributed by atoms with Gasteiger partial charge in [-0.05, 0) is 55.9 Å². The van der Waals surface area contributed by atoms with E-state index in [0.29, 0.717) is 25.7 Å². The van der Waals surface area contributed by atoms with E-state index in [2.05, 4.69) is 5.32 Å². The van der Waals surface area contributed by atoms with Crippen molar-refractivity contribution >= 4 is 17.9 Å². The maximum absolute atomic E-state index is 11.0. The Labute approximate surface area is 186 Å². The van der Waals surface area contributed by atoms with E-state index in [-0.39, 0.29) is 5.75 Å². The number of hydrogen-bond acceptors (Lipinski definition) is 6. The lowest BCUT2D eigenvalue weighted by Crippen LogP contribution is -2.45. The molecule has 9 heteroatoms. The first kappa shape index (κ1) is 26.6. The smallest absolute Gasteiger partial charge is 0.320 e. The third kappa shape index (κ3) is 10.6. The number of rotatable bonds is 11. The number of aryl methyl sites for hydroxylation is 2. The number of benzene rings is 2. The fourth-order valence-corrected chi connectivity index (χ4v) is 2.72. The fraction of sp³-hybridized carbons (Fsp3) is 0.348. The van der Waals surface area contributed by atoms with Gasteiger partial charge in [0.05, 0.1) is 0 Å². The molecule has 174 valence electrons. The van der Waals surface area contributed by atoms with Crippen LogP contribution in [0.5, 0.6) is 5.75 Å². The summed E-state index contributed by atoms with van der Waals surface area (Å²) in [6, 6.07) is 13.6. The number of carbonyl (C=O) groups is 3. The van der Waals surface area contributed by atoms with E-state index < -0.39 is 36.0 Å². The Hall–Kier alpha value is -3.43. The Morgan fingerprint density at radius 3 is 1.84 bits per heavy atom. The van der Waals surface area contributed by atoms with Crippen LogP contribution < -0.4 is 11.1 Å². The lowest BCUT2D eigenvalue weighted by molar-refractivity contribution is -0.142. The minimum absolute atomic E-state index is 0.205. The number of phenols is 1. The van der Waals surface area contributed by atoms with Gasteiger partial charge in [-0.25, -0.2) is 0 Å². The first-order valence-corrected chi connectivity index (χ1v) is 10.1. The topological polar surface area (TPSA) is 170 Å². The van der Waals surface area contributed by atoms with E-state index in [9.17, 15) is 14.4 Å². The van der Waals surface area contributed by atoms with Gasteiger partial charge in [0.2, 0.25) is 0 Å². The van der Waals surface area contributed by atoms with Gasteiger partial charge in [0, 0.05) is 0 Å². The maximum Gasteiger partial charge on any atom is 0.320 e. The third-order valence-electron chi connectivity index (χ3n) is 4.68. The molecule has 0 aliphatic heterocycles. The average molecular weight is 447 g/mol. The molecule has 0 radical (unpaired) electrons.